The molecule has 0 bridgehead atoms. The number of benzene rings is 2. The molecule has 2 aromatic rings. The third-order valence-corrected chi connectivity index (χ3v) is 7.35. The van der Waals surface area contributed by atoms with E-state index in [9.17, 15) is 27.6 Å². The van der Waals surface area contributed by atoms with Gasteiger partial charge in [0.15, 0.2) is 0 Å². The molecule has 262 valence electrons. The molecule has 0 unspecified atom stereocenters. The molecule has 1 N–H and O–H groups in total. The predicted octanol–water partition coefficient (Wildman–Crippen LogP) is 4.09. The molecule has 0 aromatic heterocycles. The largest absolute Gasteiger partial charge is 0.471 e. The van der Waals surface area contributed by atoms with Crippen LogP contribution in [-0.2, 0) is 39.9 Å². The van der Waals surface area contributed by atoms with E-state index in [2.05, 4.69) is 11.8 Å². The summed E-state index contributed by atoms with van der Waals surface area (Å²) < 4.78 is 57.4. The molecule has 0 aliphatic carbocycles. The van der Waals surface area contributed by atoms with Crippen LogP contribution in [0.2, 0.25) is 0 Å². The number of carbonyl (C=O) groups excluding carboxylic acids is 3. The number of nitrogens with zero attached hydrogens (tertiary/aromatic N) is 2. The molecule has 1 heterocycles. The van der Waals surface area contributed by atoms with Gasteiger partial charge in [-0.05, 0) is 36.6 Å². The van der Waals surface area contributed by atoms with Crippen LogP contribution in [-0.4, -0.2) is 102 Å². The van der Waals surface area contributed by atoms with E-state index in [1.165, 1.54) is 0 Å². The summed E-state index contributed by atoms with van der Waals surface area (Å²) in [6.45, 7) is 2.78. The van der Waals surface area contributed by atoms with Crippen molar-refractivity contribution >= 4 is 23.4 Å². The van der Waals surface area contributed by atoms with Crippen LogP contribution in [0.5, 0.6) is 0 Å². The van der Waals surface area contributed by atoms with Gasteiger partial charge in [-0.1, -0.05) is 48.6 Å². The van der Waals surface area contributed by atoms with E-state index in [-0.39, 0.29) is 51.2 Å². The lowest BCUT2D eigenvalue weighted by Gasteiger charge is -2.26. The van der Waals surface area contributed by atoms with E-state index < -0.39 is 12.1 Å². The highest BCUT2D eigenvalue weighted by Crippen LogP contribution is 2.26. The van der Waals surface area contributed by atoms with Crippen LogP contribution >= 0.6 is 0 Å². The van der Waals surface area contributed by atoms with Gasteiger partial charge in [-0.25, -0.2) is 0 Å². The Bertz CT molecular complexity index is 1380. The van der Waals surface area contributed by atoms with Crippen molar-refractivity contribution in [3.63, 3.8) is 0 Å². The number of nitrogens with one attached hydrogen (secondary N) is 1. The van der Waals surface area contributed by atoms with E-state index in [1.807, 2.05) is 53.4 Å². The van der Waals surface area contributed by atoms with Gasteiger partial charge in [0.1, 0.15) is 0 Å². The molecule has 3 amide bonds. The molecule has 0 fully saturated rings. The molecular weight excluding hydrogens is 631 g/mol. The van der Waals surface area contributed by atoms with E-state index in [0.717, 1.165) is 41.6 Å². The van der Waals surface area contributed by atoms with Crippen molar-refractivity contribution in [2.75, 3.05) is 77.9 Å². The molecule has 0 spiro atoms. The van der Waals surface area contributed by atoms with Crippen molar-refractivity contribution in [3.05, 3.63) is 65.2 Å². The summed E-state index contributed by atoms with van der Waals surface area (Å²) in [5, 5.41) is 1.71. The summed E-state index contributed by atoms with van der Waals surface area (Å²) in [5.74, 6) is 4.50. The van der Waals surface area contributed by atoms with Crippen LogP contribution in [0.3, 0.4) is 0 Å². The highest BCUT2D eigenvalue weighted by molar-refractivity contribution is 5.95. The average molecular weight is 676 g/mol. The van der Waals surface area contributed by atoms with Crippen LogP contribution in [0, 0.1) is 11.8 Å². The zero-order chi connectivity index (χ0) is 34.6. The summed E-state index contributed by atoms with van der Waals surface area (Å²) >= 11 is 0. The van der Waals surface area contributed by atoms with E-state index in [4.69, 9.17) is 18.9 Å². The second-order valence-electron chi connectivity index (χ2n) is 11.0. The first-order chi connectivity index (χ1) is 23.2. The Hall–Kier alpha value is -3.96. The lowest BCUT2D eigenvalue weighted by atomic mass is 10.0. The van der Waals surface area contributed by atoms with Gasteiger partial charge in [0.05, 0.1) is 71.5 Å². The number of hydrogen-bond donors (Lipinski definition) is 1. The molecule has 10 nitrogen and oxygen atoms in total. The quantitative estimate of drug-likeness (QED) is 0.157. The standard InChI is InChI=1S/C35H44F3N3O7/c1-40(32(42)16-19-45-21-23-47-25-26-48-24-22-46-20-17-39-34(44)35(36,37)38)18-8-2-3-13-33(43)41-27-30-11-5-4-9-28(30)14-15-29-10-6-7-12-31(29)41/h4-7,9-12H,2-3,8,13,16-27H2,1H3,(H,39,44). The molecule has 0 atom stereocenters. The normalized spacial score (nSPS) is 12.2. The van der Waals surface area contributed by atoms with Gasteiger partial charge in [0.25, 0.3) is 0 Å². The molecule has 48 heavy (non-hydrogen) atoms. The fourth-order valence-electron chi connectivity index (χ4n) is 4.72. The Labute approximate surface area is 279 Å². The van der Waals surface area contributed by atoms with Crippen LogP contribution in [0.25, 0.3) is 0 Å². The number of para-hydroxylation sites is 1. The second-order valence-corrected chi connectivity index (χ2v) is 11.0. The summed E-state index contributed by atoms with van der Waals surface area (Å²) in [6, 6.07) is 15.6. The number of halogens is 3. The lowest BCUT2D eigenvalue weighted by Crippen LogP contribution is -2.38. The average Bonchev–Trinajstić information content (AvgIpc) is 3.06. The molecule has 0 saturated heterocycles. The zero-order valence-electron chi connectivity index (χ0n) is 27.3. The molecule has 0 radical (unpaired) electrons. The topological polar surface area (TPSA) is 107 Å². The number of rotatable bonds is 21. The number of amides is 3. The molecule has 0 saturated carbocycles. The first kappa shape index (κ1) is 38.5. The number of alkyl halides is 3. The maximum atomic E-state index is 13.3. The fourth-order valence-corrected chi connectivity index (χ4v) is 4.72. The Kier molecular flexibility index (Phi) is 16.9. The van der Waals surface area contributed by atoms with Crippen molar-refractivity contribution in [2.45, 2.75) is 44.8 Å². The van der Waals surface area contributed by atoms with Crippen molar-refractivity contribution in [3.8, 4) is 11.8 Å². The predicted molar refractivity (Wildman–Crippen MR) is 173 cm³/mol. The Morgan fingerprint density at radius 1 is 0.771 bits per heavy atom. The Morgan fingerprint density at radius 2 is 1.35 bits per heavy atom. The van der Waals surface area contributed by atoms with Crippen molar-refractivity contribution in [2.24, 2.45) is 0 Å². The Morgan fingerprint density at radius 3 is 2.04 bits per heavy atom. The van der Waals surface area contributed by atoms with Crippen molar-refractivity contribution in [1.29, 1.82) is 0 Å². The minimum Gasteiger partial charge on any atom is -0.379 e. The lowest BCUT2D eigenvalue weighted by molar-refractivity contribution is -0.173. The third kappa shape index (κ3) is 14.0. The van der Waals surface area contributed by atoms with Gasteiger partial charge in [-0.15, -0.1) is 0 Å². The van der Waals surface area contributed by atoms with Gasteiger partial charge in [-0.2, -0.15) is 13.2 Å². The number of unbranched alkanes of at least 4 members (excludes halogenated alkanes) is 2. The third-order valence-electron chi connectivity index (χ3n) is 7.35. The summed E-state index contributed by atoms with van der Waals surface area (Å²) in [4.78, 5) is 39.9. The number of anilines is 1. The van der Waals surface area contributed by atoms with Crippen LogP contribution in [0.15, 0.2) is 48.5 Å². The molecule has 1 aliphatic rings. The maximum absolute atomic E-state index is 13.3. The second kappa shape index (κ2) is 21.1. The van der Waals surface area contributed by atoms with Crippen LogP contribution in [0.1, 0.15) is 48.8 Å². The number of hydrogen-bond acceptors (Lipinski definition) is 7. The maximum Gasteiger partial charge on any atom is 0.471 e. The van der Waals surface area contributed by atoms with Crippen molar-refractivity contribution in [1.82, 2.24) is 10.2 Å². The highest BCUT2D eigenvalue weighted by atomic mass is 19.4. The number of fused-ring (bicyclic) bond motifs is 2. The summed E-state index contributed by atoms with van der Waals surface area (Å²) in [7, 11) is 1.77. The minimum absolute atomic E-state index is 0.0117. The van der Waals surface area contributed by atoms with E-state index in [1.54, 1.807) is 17.3 Å². The monoisotopic (exact) mass is 675 g/mol. The number of ether oxygens (including phenoxy) is 4. The molecule has 13 heteroatoms. The van der Waals surface area contributed by atoms with Gasteiger partial charge in [0, 0.05) is 37.7 Å². The highest BCUT2D eigenvalue weighted by Gasteiger charge is 2.38. The minimum atomic E-state index is -4.90. The van der Waals surface area contributed by atoms with Gasteiger partial charge < -0.3 is 34.1 Å². The zero-order valence-corrected chi connectivity index (χ0v) is 27.3. The first-order valence-corrected chi connectivity index (χ1v) is 16.1. The van der Waals surface area contributed by atoms with Gasteiger partial charge in [0.2, 0.25) is 11.8 Å². The van der Waals surface area contributed by atoms with E-state index >= 15 is 0 Å². The molecule has 2 aromatic carbocycles. The Balaban J connectivity index is 1.17. The molecule has 3 rings (SSSR count). The molecule has 1 aliphatic heterocycles. The van der Waals surface area contributed by atoms with Crippen LogP contribution < -0.4 is 10.2 Å². The first-order valence-electron chi connectivity index (χ1n) is 16.1. The van der Waals surface area contributed by atoms with Gasteiger partial charge >= 0.3 is 12.1 Å². The van der Waals surface area contributed by atoms with Crippen molar-refractivity contribution < 1.29 is 46.5 Å². The van der Waals surface area contributed by atoms with E-state index in [0.29, 0.717) is 45.9 Å². The summed E-state index contributed by atoms with van der Waals surface area (Å²) in [5.41, 5.74) is 3.62. The fraction of sp³-hybridized carbons (Fsp3) is 0.514. The summed E-state index contributed by atoms with van der Waals surface area (Å²) in [6.07, 6.45) is -1.88. The SMILES string of the molecule is CN(CCCCCC(=O)N1Cc2ccccc2C#Cc2ccccc21)C(=O)CCOCCOCCOCCOCCNC(=O)C(F)(F)F. The van der Waals surface area contributed by atoms with Crippen LogP contribution in [0.4, 0.5) is 18.9 Å². The molecular formula is C35H44F3N3O7. The van der Waals surface area contributed by atoms with Gasteiger partial charge in [-0.3, -0.25) is 14.4 Å². The smallest absolute Gasteiger partial charge is 0.379 e. The number of carbonyl (C=O) groups is 3.